The van der Waals surface area contributed by atoms with Gasteiger partial charge in [0.25, 0.3) is 0 Å². The lowest BCUT2D eigenvalue weighted by atomic mass is 9.87. The largest absolute Gasteiger partial charge is 0.457 e. The minimum absolute atomic E-state index is 0.199. The molecule has 130 valence electrons. The molecule has 0 amide bonds. The zero-order valence-corrected chi connectivity index (χ0v) is 14.7. The molecular weight excluding hydrogens is 324 g/mol. The molecule has 4 nitrogen and oxygen atoms in total. The maximum Gasteiger partial charge on any atom is 0.338 e. The van der Waals surface area contributed by atoms with Crippen LogP contribution in [0.4, 0.5) is 0 Å². The summed E-state index contributed by atoms with van der Waals surface area (Å²) in [6.45, 7) is 2.47. The van der Waals surface area contributed by atoms with Gasteiger partial charge in [-0.25, -0.2) is 4.79 Å². The summed E-state index contributed by atoms with van der Waals surface area (Å²) >= 11 is 0. The summed E-state index contributed by atoms with van der Waals surface area (Å²) in [7, 11) is 0. The molecule has 1 N–H and O–H groups in total. The van der Waals surface area contributed by atoms with Gasteiger partial charge in [-0.2, -0.15) is 5.26 Å². The van der Waals surface area contributed by atoms with Gasteiger partial charge in [-0.15, -0.1) is 0 Å². The first-order chi connectivity index (χ1) is 12.6. The molecule has 0 bridgehead atoms. The first-order valence-corrected chi connectivity index (χ1v) is 8.93. The number of fused-ring (bicyclic) bond motifs is 3. The van der Waals surface area contributed by atoms with Crippen molar-refractivity contribution in [1.29, 1.82) is 5.26 Å². The van der Waals surface area contributed by atoms with Gasteiger partial charge in [-0.1, -0.05) is 19.1 Å². The third-order valence-corrected chi connectivity index (χ3v) is 5.12. The van der Waals surface area contributed by atoms with Crippen LogP contribution in [0.15, 0.2) is 42.5 Å². The van der Waals surface area contributed by atoms with Crippen molar-refractivity contribution in [2.75, 3.05) is 0 Å². The summed E-state index contributed by atoms with van der Waals surface area (Å²) in [5.41, 5.74) is 5.78. The monoisotopic (exact) mass is 344 g/mol. The molecule has 3 aromatic rings. The molecule has 0 saturated carbocycles. The fourth-order valence-electron chi connectivity index (χ4n) is 3.63. The quantitative estimate of drug-likeness (QED) is 0.710. The van der Waals surface area contributed by atoms with Crippen molar-refractivity contribution >= 4 is 16.9 Å². The number of aromatic amines is 1. The second kappa shape index (κ2) is 6.68. The van der Waals surface area contributed by atoms with Crippen molar-refractivity contribution in [3.8, 4) is 6.07 Å². The molecule has 26 heavy (non-hydrogen) atoms. The van der Waals surface area contributed by atoms with Crippen LogP contribution in [0.25, 0.3) is 10.9 Å². The lowest BCUT2D eigenvalue weighted by Gasteiger charge is -2.18. The van der Waals surface area contributed by atoms with Crippen LogP contribution in [-0.2, 0) is 24.2 Å². The lowest BCUT2D eigenvalue weighted by molar-refractivity contribution is 0.0473. The number of carbonyl (C=O) groups is 1. The summed E-state index contributed by atoms with van der Waals surface area (Å²) in [6.07, 6.45) is 3.34. The Bertz CT molecular complexity index is 1010. The van der Waals surface area contributed by atoms with E-state index >= 15 is 0 Å². The van der Waals surface area contributed by atoms with Crippen LogP contribution in [0.3, 0.4) is 0 Å². The van der Waals surface area contributed by atoms with Crippen molar-refractivity contribution in [3.63, 3.8) is 0 Å². The molecule has 0 radical (unpaired) electrons. The van der Waals surface area contributed by atoms with Crippen molar-refractivity contribution < 1.29 is 9.53 Å². The fourth-order valence-corrected chi connectivity index (χ4v) is 3.63. The predicted octanol–water partition coefficient (Wildman–Crippen LogP) is 4.52. The number of aryl methyl sites for hydroxylation is 1. The van der Waals surface area contributed by atoms with Crippen LogP contribution in [-0.4, -0.2) is 11.0 Å². The van der Waals surface area contributed by atoms with Gasteiger partial charge in [-0.3, -0.25) is 0 Å². The summed E-state index contributed by atoms with van der Waals surface area (Å²) in [5.74, 6) is 0.351. The number of nitriles is 1. The summed E-state index contributed by atoms with van der Waals surface area (Å²) in [5, 5.41) is 9.97. The molecule has 0 saturated heterocycles. The minimum Gasteiger partial charge on any atom is -0.457 e. The number of esters is 1. The van der Waals surface area contributed by atoms with E-state index in [9.17, 15) is 4.79 Å². The minimum atomic E-state index is -0.324. The highest BCUT2D eigenvalue weighted by Crippen LogP contribution is 2.32. The lowest BCUT2D eigenvalue weighted by Crippen LogP contribution is -2.10. The Labute approximate surface area is 152 Å². The first-order valence-electron chi connectivity index (χ1n) is 8.93. The number of hydrogen-bond acceptors (Lipinski definition) is 3. The molecule has 0 spiro atoms. The van der Waals surface area contributed by atoms with Gasteiger partial charge in [0.05, 0.1) is 17.2 Å². The standard InChI is InChI=1S/C22H20N2O2/c1-14-2-8-20-18(10-14)19-11-17(7-9-21(19)24-20)22(25)26-13-16-5-3-15(12-23)4-6-16/h3-7,9,11,14,24H,2,8,10,13H2,1H3/t14-/m0/s1. The summed E-state index contributed by atoms with van der Waals surface area (Å²) in [4.78, 5) is 15.9. The zero-order chi connectivity index (χ0) is 18.1. The number of nitrogens with one attached hydrogen (secondary N) is 1. The molecule has 0 fully saturated rings. The number of nitrogens with zero attached hydrogens (tertiary/aromatic N) is 1. The van der Waals surface area contributed by atoms with E-state index < -0.39 is 0 Å². The average Bonchev–Trinajstić information content (AvgIpc) is 3.03. The number of aromatic nitrogens is 1. The molecular formula is C22H20N2O2. The Kier molecular flexibility index (Phi) is 4.22. The average molecular weight is 344 g/mol. The topological polar surface area (TPSA) is 65.9 Å². The molecule has 1 heterocycles. The molecule has 4 heteroatoms. The second-order valence-electron chi connectivity index (χ2n) is 7.08. The molecule has 1 atom stereocenters. The van der Waals surface area contributed by atoms with E-state index in [4.69, 9.17) is 10.00 Å². The molecule has 4 rings (SSSR count). The van der Waals surface area contributed by atoms with E-state index in [-0.39, 0.29) is 12.6 Å². The van der Waals surface area contributed by atoms with Crippen LogP contribution < -0.4 is 0 Å². The van der Waals surface area contributed by atoms with Crippen LogP contribution in [0.1, 0.15) is 46.1 Å². The number of rotatable bonds is 3. The van der Waals surface area contributed by atoms with E-state index in [0.717, 1.165) is 29.3 Å². The molecule has 1 aliphatic rings. The van der Waals surface area contributed by atoms with Crippen LogP contribution in [0.2, 0.25) is 0 Å². The van der Waals surface area contributed by atoms with Crippen LogP contribution in [0, 0.1) is 17.2 Å². The summed E-state index contributed by atoms with van der Waals surface area (Å²) < 4.78 is 5.45. The second-order valence-corrected chi connectivity index (χ2v) is 7.08. The smallest absolute Gasteiger partial charge is 0.338 e. The van der Waals surface area contributed by atoms with Gasteiger partial charge in [0, 0.05) is 16.6 Å². The molecule has 2 aromatic carbocycles. The third-order valence-electron chi connectivity index (χ3n) is 5.12. The van der Waals surface area contributed by atoms with Gasteiger partial charge >= 0.3 is 5.97 Å². The Morgan fingerprint density at radius 3 is 2.85 bits per heavy atom. The number of hydrogen-bond donors (Lipinski definition) is 1. The predicted molar refractivity (Wildman–Crippen MR) is 99.8 cm³/mol. The maximum absolute atomic E-state index is 12.5. The summed E-state index contributed by atoms with van der Waals surface area (Å²) in [6, 6.07) is 14.9. The van der Waals surface area contributed by atoms with E-state index in [2.05, 4.69) is 18.0 Å². The Hall–Kier alpha value is -3.06. The van der Waals surface area contributed by atoms with Crippen molar-refractivity contribution in [2.24, 2.45) is 5.92 Å². The number of carbonyl (C=O) groups excluding carboxylic acids is 1. The number of H-pyrrole nitrogens is 1. The Morgan fingerprint density at radius 1 is 1.27 bits per heavy atom. The number of benzene rings is 2. The van der Waals surface area contributed by atoms with Gasteiger partial charge in [-0.05, 0) is 66.6 Å². The SMILES string of the molecule is C[C@H]1CCc2[nH]c3ccc(C(=O)OCc4ccc(C#N)cc4)cc3c2C1. The molecule has 1 aromatic heterocycles. The van der Waals surface area contributed by atoms with E-state index in [0.29, 0.717) is 17.0 Å². The zero-order valence-electron chi connectivity index (χ0n) is 14.7. The third kappa shape index (κ3) is 3.09. The van der Waals surface area contributed by atoms with Gasteiger partial charge in [0.15, 0.2) is 0 Å². The van der Waals surface area contributed by atoms with Crippen molar-refractivity contribution in [2.45, 2.75) is 32.8 Å². The van der Waals surface area contributed by atoms with Gasteiger partial charge in [0.2, 0.25) is 0 Å². The normalized spacial score (nSPS) is 16.1. The fraction of sp³-hybridized carbons (Fsp3) is 0.273. The Balaban J connectivity index is 1.53. The molecule has 0 unspecified atom stereocenters. The van der Waals surface area contributed by atoms with Crippen molar-refractivity contribution in [3.05, 3.63) is 70.4 Å². The van der Waals surface area contributed by atoms with Gasteiger partial charge < -0.3 is 9.72 Å². The highest BCUT2D eigenvalue weighted by Gasteiger charge is 2.20. The van der Waals surface area contributed by atoms with E-state index in [1.54, 1.807) is 24.3 Å². The highest BCUT2D eigenvalue weighted by atomic mass is 16.5. The van der Waals surface area contributed by atoms with Crippen molar-refractivity contribution in [1.82, 2.24) is 4.98 Å². The maximum atomic E-state index is 12.5. The van der Waals surface area contributed by atoms with E-state index in [1.807, 2.05) is 18.2 Å². The Morgan fingerprint density at radius 2 is 2.08 bits per heavy atom. The van der Waals surface area contributed by atoms with Gasteiger partial charge in [0.1, 0.15) is 6.61 Å². The highest BCUT2D eigenvalue weighted by molar-refractivity contribution is 5.96. The van der Waals surface area contributed by atoms with E-state index in [1.165, 1.54) is 17.7 Å². The van der Waals surface area contributed by atoms with Crippen LogP contribution in [0.5, 0.6) is 0 Å². The number of ether oxygens (including phenoxy) is 1. The first kappa shape index (κ1) is 16.4. The molecule has 0 aliphatic heterocycles. The molecule has 1 aliphatic carbocycles. The van der Waals surface area contributed by atoms with Crippen LogP contribution >= 0.6 is 0 Å².